The number of carbonyl (C=O) groups is 2. The normalized spacial score (nSPS) is 14.2. The van der Waals surface area contributed by atoms with Crippen LogP contribution < -0.4 is 5.32 Å². The van der Waals surface area contributed by atoms with Gasteiger partial charge in [0.05, 0.1) is 6.04 Å². The van der Waals surface area contributed by atoms with Gasteiger partial charge in [0.25, 0.3) is 0 Å². The van der Waals surface area contributed by atoms with Gasteiger partial charge in [0, 0.05) is 12.4 Å². The summed E-state index contributed by atoms with van der Waals surface area (Å²) in [4.78, 5) is 26.5. The zero-order valence-corrected chi connectivity index (χ0v) is 11.5. The molecule has 3 N–H and O–H groups in total. The number of aliphatic hydroxyl groups is 1. The van der Waals surface area contributed by atoms with Crippen molar-refractivity contribution in [1.82, 2.24) is 10.3 Å². The van der Waals surface area contributed by atoms with E-state index in [9.17, 15) is 14.7 Å². The maximum atomic E-state index is 11.7. The molecule has 0 aliphatic rings. The molecule has 110 valence electrons. The Morgan fingerprint density at radius 3 is 2.50 bits per heavy atom. The lowest BCUT2D eigenvalue weighted by Crippen LogP contribution is -2.42. The molecule has 7 heteroatoms. The molecule has 20 heavy (non-hydrogen) atoms. The Morgan fingerprint density at radius 1 is 1.40 bits per heavy atom. The standard InChI is InChI=1S/C13H18N2O5/c1-13(2,3)20-12(19)15-9(10(16)11(17)18)8-5-4-6-14-7-8/h4-7,9-10,16H,1-3H3,(H,15,19)(H,17,18). The first-order chi connectivity index (χ1) is 9.20. The van der Waals surface area contributed by atoms with E-state index in [2.05, 4.69) is 10.3 Å². The smallest absolute Gasteiger partial charge is 0.408 e. The molecule has 1 aromatic rings. The number of amides is 1. The lowest BCUT2D eigenvalue weighted by molar-refractivity contribution is -0.148. The highest BCUT2D eigenvalue weighted by Crippen LogP contribution is 2.17. The number of hydrogen-bond donors (Lipinski definition) is 3. The van der Waals surface area contributed by atoms with Crippen LogP contribution in [0.4, 0.5) is 4.79 Å². The summed E-state index contributed by atoms with van der Waals surface area (Å²) in [7, 11) is 0. The number of alkyl carbamates (subject to hydrolysis) is 1. The van der Waals surface area contributed by atoms with E-state index in [0.29, 0.717) is 5.56 Å². The molecule has 0 aliphatic carbocycles. The number of hydrogen-bond acceptors (Lipinski definition) is 5. The third kappa shape index (κ3) is 4.85. The number of carbonyl (C=O) groups excluding carboxylic acids is 1. The molecule has 0 fully saturated rings. The predicted octanol–water partition coefficient (Wildman–Crippen LogP) is 1.09. The van der Waals surface area contributed by atoms with Crippen LogP contribution in [0.25, 0.3) is 0 Å². The molecule has 2 atom stereocenters. The minimum atomic E-state index is -1.80. The number of nitrogens with one attached hydrogen (secondary N) is 1. The van der Waals surface area contributed by atoms with Gasteiger partial charge in [-0.15, -0.1) is 0 Å². The minimum absolute atomic E-state index is 0.369. The number of carboxylic acids is 1. The van der Waals surface area contributed by atoms with Crippen LogP contribution in [0.15, 0.2) is 24.5 Å². The van der Waals surface area contributed by atoms with Crippen LogP contribution in [0.3, 0.4) is 0 Å². The molecule has 0 saturated heterocycles. The van der Waals surface area contributed by atoms with Gasteiger partial charge in [-0.05, 0) is 32.4 Å². The highest BCUT2D eigenvalue weighted by atomic mass is 16.6. The van der Waals surface area contributed by atoms with Crippen molar-refractivity contribution in [1.29, 1.82) is 0 Å². The van der Waals surface area contributed by atoms with Gasteiger partial charge in [-0.25, -0.2) is 9.59 Å². The van der Waals surface area contributed by atoms with Crippen LogP contribution in [-0.4, -0.2) is 39.0 Å². The molecule has 0 radical (unpaired) electrons. The Kier molecular flexibility index (Phi) is 5.04. The minimum Gasteiger partial charge on any atom is -0.479 e. The molecule has 0 aliphatic heterocycles. The van der Waals surface area contributed by atoms with Crippen LogP contribution in [0.1, 0.15) is 32.4 Å². The van der Waals surface area contributed by atoms with Crippen LogP contribution in [0, 0.1) is 0 Å². The first-order valence-electron chi connectivity index (χ1n) is 6.01. The number of nitrogens with zero attached hydrogens (tertiary/aromatic N) is 1. The van der Waals surface area contributed by atoms with E-state index in [1.165, 1.54) is 12.4 Å². The van der Waals surface area contributed by atoms with Gasteiger partial charge in [0.1, 0.15) is 5.60 Å². The summed E-state index contributed by atoms with van der Waals surface area (Å²) in [5, 5.41) is 20.9. The second-order valence-electron chi connectivity index (χ2n) is 5.19. The van der Waals surface area contributed by atoms with Crippen molar-refractivity contribution >= 4 is 12.1 Å². The Labute approximate surface area is 116 Å². The maximum absolute atomic E-state index is 11.7. The van der Waals surface area contributed by atoms with E-state index in [0.717, 1.165) is 0 Å². The molecule has 2 unspecified atom stereocenters. The summed E-state index contributed by atoms with van der Waals surface area (Å²) in [5.41, 5.74) is -0.356. The lowest BCUT2D eigenvalue weighted by Gasteiger charge is -2.25. The van der Waals surface area contributed by atoms with Gasteiger partial charge in [-0.3, -0.25) is 4.98 Å². The van der Waals surface area contributed by atoms with Crippen LogP contribution >= 0.6 is 0 Å². The fraction of sp³-hybridized carbons (Fsp3) is 0.462. The van der Waals surface area contributed by atoms with Gasteiger partial charge in [-0.2, -0.15) is 0 Å². The molecular weight excluding hydrogens is 264 g/mol. The quantitative estimate of drug-likeness (QED) is 0.762. The summed E-state index contributed by atoms with van der Waals surface area (Å²) >= 11 is 0. The highest BCUT2D eigenvalue weighted by Gasteiger charge is 2.30. The summed E-state index contributed by atoms with van der Waals surface area (Å²) in [5.74, 6) is -1.45. The number of carboxylic acid groups (broad SMARTS) is 1. The van der Waals surface area contributed by atoms with Crippen molar-refractivity contribution in [2.75, 3.05) is 0 Å². The third-order valence-corrected chi connectivity index (χ3v) is 2.28. The SMILES string of the molecule is CC(C)(C)OC(=O)NC(c1cccnc1)C(O)C(=O)O. The largest absolute Gasteiger partial charge is 0.479 e. The number of rotatable bonds is 4. The summed E-state index contributed by atoms with van der Waals surface area (Å²) in [6.07, 6.45) is 0.258. The Bertz CT molecular complexity index is 469. The Morgan fingerprint density at radius 2 is 2.05 bits per heavy atom. The zero-order valence-electron chi connectivity index (χ0n) is 11.5. The average Bonchev–Trinajstić information content (AvgIpc) is 2.34. The van der Waals surface area contributed by atoms with E-state index in [1.807, 2.05) is 0 Å². The van der Waals surface area contributed by atoms with E-state index >= 15 is 0 Å². The van der Waals surface area contributed by atoms with Crippen molar-refractivity contribution < 1.29 is 24.5 Å². The first kappa shape index (κ1) is 15.9. The van der Waals surface area contributed by atoms with Gasteiger partial charge < -0.3 is 20.3 Å². The first-order valence-corrected chi connectivity index (χ1v) is 6.01. The van der Waals surface area contributed by atoms with Crippen molar-refractivity contribution in [2.24, 2.45) is 0 Å². The predicted molar refractivity (Wildman–Crippen MR) is 70.0 cm³/mol. The zero-order chi connectivity index (χ0) is 15.3. The monoisotopic (exact) mass is 282 g/mol. The van der Waals surface area contributed by atoms with Gasteiger partial charge >= 0.3 is 12.1 Å². The number of pyridine rings is 1. The average molecular weight is 282 g/mol. The van der Waals surface area contributed by atoms with Crippen molar-refractivity contribution in [3.05, 3.63) is 30.1 Å². The van der Waals surface area contributed by atoms with Crippen molar-refractivity contribution in [2.45, 2.75) is 38.5 Å². The van der Waals surface area contributed by atoms with Gasteiger partial charge in [-0.1, -0.05) is 6.07 Å². The molecule has 0 saturated carbocycles. The van der Waals surface area contributed by atoms with E-state index in [-0.39, 0.29) is 0 Å². The van der Waals surface area contributed by atoms with Crippen molar-refractivity contribution in [3.8, 4) is 0 Å². The molecule has 7 nitrogen and oxygen atoms in total. The van der Waals surface area contributed by atoms with Gasteiger partial charge in [0.15, 0.2) is 6.10 Å². The van der Waals surface area contributed by atoms with Crippen molar-refractivity contribution in [3.63, 3.8) is 0 Å². The second kappa shape index (κ2) is 6.33. The number of aliphatic carboxylic acids is 1. The Balaban J connectivity index is 2.90. The molecular formula is C13H18N2O5. The maximum Gasteiger partial charge on any atom is 0.408 e. The highest BCUT2D eigenvalue weighted by molar-refractivity contribution is 5.75. The molecule has 1 rings (SSSR count). The third-order valence-electron chi connectivity index (χ3n) is 2.28. The fourth-order valence-corrected chi connectivity index (χ4v) is 1.48. The molecule has 1 aromatic heterocycles. The number of ether oxygens (including phenoxy) is 1. The fourth-order valence-electron chi connectivity index (χ4n) is 1.48. The summed E-state index contributed by atoms with van der Waals surface area (Å²) in [6.45, 7) is 5.04. The van der Waals surface area contributed by atoms with Crippen LogP contribution in [-0.2, 0) is 9.53 Å². The van der Waals surface area contributed by atoms with E-state index < -0.39 is 29.8 Å². The molecule has 1 amide bonds. The van der Waals surface area contributed by atoms with E-state index in [1.54, 1.807) is 32.9 Å². The molecule has 0 aromatic carbocycles. The number of aromatic nitrogens is 1. The second-order valence-corrected chi connectivity index (χ2v) is 5.19. The topological polar surface area (TPSA) is 109 Å². The Hall–Kier alpha value is -2.15. The van der Waals surface area contributed by atoms with Crippen LogP contribution in [0.5, 0.6) is 0 Å². The molecule has 0 bridgehead atoms. The lowest BCUT2D eigenvalue weighted by atomic mass is 10.0. The number of aliphatic hydroxyl groups excluding tert-OH is 1. The summed E-state index contributed by atoms with van der Waals surface area (Å²) < 4.78 is 5.05. The molecule has 0 spiro atoms. The van der Waals surface area contributed by atoms with E-state index in [4.69, 9.17) is 9.84 Å². The van der Waals surface area contributed by atoms with Crippen LogP contribution in [0.2, 0.25) is 0 Å². The van der Waals surface area contributed by atoms with Gasteiger partial charge in [0.2, 0.25) is 0 Å². The summed E-state index contributed by atoms with van der Waals surface area (Å²) in [6, 6.07) is 1.99. The molecule has 1 heterocycles.